The normalized spacial score (nSPS) is 8.64. The Bertz CT molecular complexity index is 158. The van der Waals surface area contributed by atoms with Crippen LogP contribution >= 0.6 is 0 Å². The first-order chi connectivity index (χ1) is 5.07. The highest BCUT2D eigenvalue weighted by Gasteiger charge is 2.03. The zero-order chi connectivity index (χ0) is 8.85. The van der Waals surface area contributed by atoms with Gasteiger partial charge in [0, 0.05) is 14.0 Å². The van der Waals surface area contributed by atoms with Crippen molar-refractivity contribution in [1.82, 2.24) is 10.2 Å². The van der Waals surface area contributed by atoms with E-state index in [2.05, 4.69) is 10.1 Å². The van der Waals surface area contributed by atoms with Crippen LogP contribution in [0.5, 0.6) is 0 Å². The summed E-state index contributed by atoms with van der Waals surface area (Å²) in [7, 11) is 2.85. The molecular weight excluding hydrogens is 148 g/mol. The number of nitrogens with zero attached hydrogens (tertiary/aromatic N) is 1. The van der Waals surface area contributed by atoms with Crippen LogP contribution in [0.3, 0.4) is 0 Å². The predicted molar refractivity (Wildman–Crippen MR) is 38.9 cm³/mol. The lowest BCUT2D eigenvalue weighted by atomic mass is 10.6. The smallest absolute Gasteiger partial charge is 0.408 e. The van der Waals surface area contributed by atoms with E-state index >= 15 is 0 Å². The van der Waals surface area contributed by atoms with E-state index in [1.165, 1.54) is 18.9 Å². The Balaban J connectivity index is 3.54. The van der Waals surface area contributed by atoms with Crippen molar-refractivity contribution in [2.24, 2.45) is 0 Å². The molecule has 0 aliphatic heterocycles. The summed E-state index contributed by atoms with van der Waals surface area (Å²) in [6.45, 7) is 1.58. The average Bonchev–Trinajstić information content (AvgIpc) is 1.99. The third-order valence-corrected chi connectivity index (χ3v) is 1.18. The summed E-state index contributed by atoms with van der Waals surface area (Å²) in [4.78, 5) is 22.4. The summed E-state index contributed by atoms with van der Waals surface area (Å²) in [5.41, 5.74) is 0. The van der Waals surface area contributed by atoms with Crippen LogP contribution in [0.15, 0.2) is 0 Å². The number of alkyl carbamates (subject to hydrolysis) is 1. The van der Waals surface area contributed by atoms with Gasteiger partial charge < -0.3 is 15.0 Å². The van der Waals surface area contributed by atoms with Crippen LogP contribution in [-0.2, 0) is 9.53 Å². The standard InChI is InChI=1S/C6H12N2O3/c1-5(9)8(2)4-7-6(10)11-3/h4H2,1-3H3,(H,7,10). The lowest BCUT2D eigenvalue weighted by Crippen LogP contribution is -2.37. The Hall–Kier alpha value is -1.26. The second kappa shape index (κ2) is 4.54. The maximum atomic E-state index is 10.6. The highest BCUT2D eigenvalue weighted by Crippen LogP contribution is 1.79. The number of carbonyl (C=O) groups excluding carboxylic acids is 2. The van der Waals surface area contributed by atoms with Crippen molar-refractivity contribution in [3.8, 4) is 0 Å². The summed E-state index contributed by atoms with van der Waals surface area (Å²) >= 11 is 0. The van der Waals surface area contributed by atoms with Gasteiger partial charge in [-0.05, 0) is 0 Å². The largest absolute Gasteiger partial charge is 0.453 e. The van der Waals surface area contributed by atoms with Crippen LogP contribution in [0.25, 0.3) is 0 Å². The number of nitrogens with one attached hydrogen (secondary N) is 1. The fourth-order valence-corrected chi connectivity index (χ4v) is 0.367. The SMILES string of the molecule is COC(=O)NCN(C)C(C)=O. The number of ether oxygens (including phenoxy) is 1. The second-order valence-electron chi connectivity index (χ2n) is 2.04. The van der Waals surface area contributed by atoms with Gasteiger partial charge in [0.25, 0.3) is 0 Å². The van der Waals surface area contributed by atoms with E-state index in [1.54, 1.807) is 7.05 Å². The first-order valence-electron chi connectivity index (χ1n) is 3.11. The van der Waals surface area contributed by atoms with E-state index in [4.69, 9.17) is 0 Å². The molecule has 0 rings (SSSR count). The van der Waals surface area contributed by atoms with E-state index in [9.17, 15) is 9.59 Å². The lowest BCUT2D eigenvalue weighted by Gasteiger charge is -2.14. The van der Waals surface area contributed by atoms with Crippen molar-refractivity contribution in [3.63, 3.8) is 0 Å². The zero-order valence-corrected chi connectivity index (χ0v) is 6.88. The molecule has 1 N–H and O–H groups in total. The molecule has 0 fully saturated rings. The number of hydrogen-bond donors (Lipinski definition) is 1. The van der Waals surface area contributed by atoms with Crippen LogP contribution in [0.2, 0.25) is 0 Å². The molecule has 0 unspecified atom stereocenters. The Morgan fingerprint density at radius 1 is 1.55 bits per heavy atom. The van der Waals surface area contributed by atoms with Gasteiger partial charge in [-0.25, -0.2) is 4.79 Å². The van der Waals surface area contributed by atoms with Gasteiger partial charge in [0.05, 0.1) is 13.8 Å². The Labute approximate surface area is 65.3 Å². The highest BCUT2D eigenvalue weighted by molar-refractivity contribution is 5.73. The summed E-state index contributed by atoms with van der Waals surface area (Å²) in [6.07, 6.45) is -0.543. The van der Waals surface area contributed by atoms with E-state index in [-0.39, 0.29) is 12.6 Å². The minimum absolute atomic E-state index is 0.110. The molecule has 0 saturated heterocycles. The molecule has 0 aromatic carbocycles. The molecule has 11 heavy (non-hydrogen) atoms. The van der Waals surface area contributed by atoms with Gasteiger partial charge in [-0.2, -0.15) is 0 Å². The maximum absolute atomic E-state index is 10.6. The summed E-state index contributed by atoms with van der Waals surface area (Å²) in [5, 5.41) is 2.36. The third-order valence-electron chi connectivity index (χ3n) is 1.18. The zero-order valence-electron chi connectivity index (χ0n) is 6.88. The molecule has 0 radical (unpaired) electrons. The van der Waals surface area contributed by atoms with Gasteiger partial charge in [0.15, 0.2) is 0 Å². The van der Waals surface area contributed by atoms with E-state index in [1.807, 2.05) is 0 Å². The summed E-state index contributed by atoms with van der Waals surface area (Å²) in [6, 6.07) is 0. The van der Waals surface area contributed by atoms with Crippen LogP contribution < -0.4 is 5.32 Å². The molecule has 0 saturated carbocycles. The van der Waals surface area contributed by atoms with Crippen LogP contribution in [-0.4, -0.2) is 37.7 Å². The molecule has 0 aromatic heterocycles. The lowest BCUT2D eigenvalue weighted by molar-refractivity contribution is -0.127. The van der Waals surface area contributed by atoms with E-state index < -0.39 is 6.09 Å². The molecule has 5 nitrogen and oxygen atoms in total. The summed E-state index contributed by atoms with van der Waals surface area (Å²) < 4.78 is 4.29. The quantitative estimate of drug-likeness (QED) is 0.568. The van der Waals surface area contributed by atoms with Crippen molar-refractivity contribution in [2.75, 3.05) is 20.8 Å². The molecule has 0 spiro atoms. The first-order valence-corrected chi connectivity index (χ1v) is 3.11. The van der Waals surface area contributed by atoms with Crippen molar-refractivity contribution in [2.45, 2.75) is 6.92 Å². The minimum atomic E-state index is -0.543. The number of carbonyl (C=O) groups is 2. The summed E-state index contributed by atoms with van der Waals surface area (Å²) in [5.74, 6) is -0.110. The molecule has 64 valence electrons. The molecule has 0 aliphatic rings. The molecule has 0 aliphatic carbocycles. The van der Waals surface area contributed by atoms with Crippen molar-refractivity contribution in [3.05, 3.63) is 0 Å². The fraction of sp³-hybridized carbons (Fsp3) is 0.667. The molecule has 2 amide bonds. The first kappa shape index (κ1) is 9.74. The van der Waals surface area contributed by atoms with Gasteiger partial charge >= 0.3 is 6.09 Å². The third kappa shape index (κ3) is 4.19. The van der Waals surface area contributed by atoms with Gasteiger partial charge in [-0.15, -0.1) is 0 Å². The van der Waals surface area contributed by atoms with E-state index in [0.717, 1.165) is 0 Å². The molecule has 0 aromatic rings. The average molecular weight is 160 g/mol. The number of hydrogen-bond acceptors (Lipinski definition) is 3. The molecule has 5 heteroatoms. The second-order valence-corrected chi connectivity index (χ2v) is 2.04. The number of amides is 2. The predicted octanol–water partition coefficient (Wildman–Crippen LogP) is -0.222. The maximum Gasteiger partial charge on any atom is 0.408 e. The number of rotatable bonds is 2. The number of methoxy groups -OCH3 is 1. The van der Waals surface area contributed by atoms with Crippen LogP contribution in [0.1, 0.15) is 6.92 Å². The Morgan fingerprint density at radius 2 is 2.09 bits per heavy atom. The van der Waals surface area contributed by atoms with Gasteiger partial charge in [0.1, 0.15) is 0 Å². The van der Waals surface area contributed by atoms with Crippen LogP contribution in [0.4, 0.5) is 4.79 Å². The molecule has 0 heterocycles. The van der Waals surface area contributed by atoms with Gasteiger partial charge in [-0.1, -0.05) is 0 Å². The fourth-order valence-electron chi connectivity index (χ4n) is 0.367. The topological polar surface area (TPSA) is 58.6 Å². The molecule has 0 bridgehead atoms. The van der Waals surface area contributed by atoms with Gasteiger partial charge in [-0.3, -0.25) is 4.79 Å². The highest BCUT2D eigenvalue weighted by atomic mass is 16.5. The molecular formula is C6H12N2O3. The van der Waals surface area contributed by atoms with Crippen molar-refractivity contribution < 1.29 is 14.3 Å². The van der Waals surface area contributed by atoms with Crippen molar-refractivity contribution in [1.29, 1.82) is 0 Å². The Kier molecular flexibility index (Phi) is 4.02. The van der Waals surface area contributed by atoms with E-state index in [0.29, 0.717) is 0 Å². The molecule has 0 atom stereocenters. The van der Waals surface area contributed by atoms with Crippen molar-refractivity contribution >= 4 is 12.0 Å². The van der Waals surface area contributed by atoms with Crippen LogP contribution in [0, 0.1) is 0 Å². The minimum Gasteiger partial charge on any atom is -0.453 e. The monoisotopic (exact) mass is 160 g/mol. The van der Waals surface area contributed by atoms with Gasteiger partial charge in [0.2, 0.25) is 5.91 Å². The Morgan fingerprint density at radius 3 is 2.45 bits per heavy atom.